The Morgan fingerprint density at radius 2 is 1.42 bits per heavy atom. The fourth-order valence-corrected chi connectivity index (χ4v) is 2.52. The van der Waals surface area contributed by atoms with Gasteiger partial charge in [0.05, 0.1) is 6.61 Å². The molecule has 26 heavy (non-hydrogen) atoms. The second kappa shape index (κ2) is 6.50. The summed E-state index contributed by atoms with van der Waals surface area (Å²) in [6, 6.07) is 0. The van der Waals surface area contributed by atoms with E-state index in [1.54, 1.807) is 20.8 Å². The molecule has 0 bridgehead atoms. The van der Waals surface area contributed by atoms with Crippen molar-refractivity contribution in [2.24, 2.45) is 0 Å². The molecule has 0 radical (unpaired) electrons. The van der Waals surface area contributed by atoms with Crippen LogP contribution in [0.4, 0.5) is 0 Å². The fraction of sp³-hybridized carbons (Fsp3) is 0.625. The van der Waals surface area contributed by atoms with Gasteiger partial charge in [0.1, 0.15) is 10.8 Å². The van der Waals surface area contributed by atoms with E-state index < -0.39 is 16.8 Å². The summed E-state index contributed by atoms with van der Waals surface area (Å²) in [4.78, 5) is 22.4. The number of rotatable bonds is 5. The Labute approximate surface area is 148 Å². The fourth-order valence-electron chi connectivity index (χ4n) is 2.52. The number of ether oxygens (including phenoxy) is 1. The van der Waals surface area contributed by atoms with Crippen LogP contribution in [-0.4, -0.2) is 44.0 Å². The van der Waals surface area contributed by atoms with Gasteiger partial charge >= 0.3 is 11.9 Å². The minimum absolute atomic E-state index is 0.243. The molecule has 0 atom stereocenters. The molecule has 0 amide bonds. The van der Waals surface area contributed by atoms with Gasteiger partial charge in [0.25, 0.3) is 0 Å². The summed E-state index contributed by atoms with van der Waals surface area (Å²) in [6.07, 6.45) is 2.69. The van der Waals surface area contributed by atoms with Gasteiger partial charge in [0.15, 0.2) is 0 Å². The van der Waals surface area contributed by atoms with Gasteiger partial charge in [-0.1, -0.05) is 0 Å². The molecule has 2 heterocycles. The van der Waals surface area contributed by atoms with E-state index in [0.717, 1.165) is 12.8 Å². The van der Waals surface area contributed by atoms with Gasteiger partial charge in [-0.25, -0.2) is 0 Å². The lowest BCUT2D eigenvalue weighted by molar-refractivity contribution is -0.147. The monoisotopic (exact) mass is 364 g/mol. The molecule has 2 aromatic heterocycles. The first-order valence-electron chi connectivity index (χ1n) is 8.36. The maximum atomic E-state index is 11.6. The Bertz CT molecular complexity index is 818. The van der Waals surface area contributed by atoms with Gasteiger partial charge in [0.2, 0.25) is 23.6 Å². The third-order valence-electron chi connectivity index (χ3n) is 4.45. The van der Waals surface area contributed by atoms with Crippen LogP contribution in [0.3, 0.4) is 0 Å². The Balaban J connectivity index is 0.000000152. The quantitative estimate of drug-likeness (QED) is 0.775. The number of hydrogen-bond donors (Lipinski definition) is 1. The van der Waals surface area contributed by atoms with Gasteiger partial charge in [-0.3, -0.25) is 9.59 Å². The summed E-state index contributed by atoms with van der Waals surface area (Å²) in [5.41, 5.74) is -1.49. The molecule has 10 nitrogen and oxygen atoms in total. The predicted octanol–water partition coefficient (Wildman–Crippen LogP) is 1.47. The summed E-state index contributed by atoms with van der Waals surface area (Å²) >= 11 is 0. The maximum absolute atomic E-state index is 11.6. The highest BCUT2D eigenvalue weighted by atomic mass is 16.5. The normalized spacial score (nSPS) is 18.4. The molecule has 2 fully saturated rings. The lowest BCUT2D eigenvalue weighted by atomic mass is 10.1. The molecule has 1 N–H and O–H groups in total. The molecule has 4 rings (SSSR count). The Kier molecular flexibility index (Phi) is 4.51. The van der Waals surface area contributed by atoms with Crippen LogP contribution in [0.25, 0.3) is 0 Å². The molecular formula is C16H20N4O6. The van der Waals surface area contributed by atoms with Crippen LogP contribution < -0.4 is 0 Å². The van der Waals surface area contributed by atoms with Crippen molar-refractivity contribution in [3.05, 3.63) is 23.6 Å². The van der Waals surface area contributed by atoms with E-state index in [4.69, 9.17) is 18.7 Å². The van der Waals surface area contributed by atoms with E-state index in [-0.39, 0.29) is 11.9 Å². The summed E-state index contributed by atoms with van der Waals surface area (Å²) in [5, 5.41) is 23.7. The highest BCUT2D eigenvalue weighted by molar-refractivity contribution is 5.85. The van der Waals surface area contributed by atoms with Gasteiger partial charge in [-0.05, 0) is 32.6 Å². The molecule has 0 aliphatic heterocycles. The van der Waals surface area contributed by atoms with E-state index in [9.17, 15) is 9.59 Å². The summed E-state index contributed by atoms with van der Waals surface area (Å²) in [7, 11) is 0. The van der Waals surface area contributed by atoms with Crippen LogP contribution >= 0.6 is 0 Å². The highest BCUT2D eigenvalue weighted by Gasteiger charge is 2.57. The van der Waals surface area contributed by atoms with Gasteiger partial charge < -0.3 is 18.7 Å². The number of hydrogen-bond acceptors (Lipinski definition) is 9. The zero-order chi connectivity index (χ0) is 18.9. The molecule has 140 valence electrons. The number of aryl methyl sites for hydroxylation is 2. The van der Waals surface area contributed by atoms with Gasteiger partial charge in [0, 0.05) is 13.8 Å². The van der Waals surface area contributed by atoms with Crippen molar-refractivity contribution in [1.29, 1.82) is 0 Å². The maximum Gasteiger partial charge on any atom is 0.321 e. The van der Waals surface area contributed by atoms with Gasteiger partial charge in [-0.15, -0.1) is 20.4 Å². The van der Waals surface area contributed by atoms with E-state index in [0.29, 0.717) is 37.1 Å². The second-order valence-electron chi connectivity index (χ2n) is 6.44. The van der Waals surface area contributed by atoms with Crippen molar-refractivity contribution < 1.29 is 28.3 Å². The average Bonchev–Trinajstić information content (AvgIpc) is 3.50. The number of aromatic nitrogens is 4. The van der Waals surface area contributed by atoms with Crippen molar-refractivity contribution in [2.75, 3.05) is 6.61 Å². The molecule has 2 aromatic rings. The minimum atomic E-state index is -0.869. The molecule has 10 heteroatoms. The van der Waals surface area contributed by atoms with Crippen molar-refractivity contribution in [3.63, 3.8) is 0 Å². The molecule has 2 aliphatic carbocycles. The van der Waals surface area contributed by atoms with Crippen LogP contribution in [0.2, 0.25) is 0 Å². The van der Waals surface area contributed by atoms with Crippen molar-refractivity contribution in [1.82, 2.24) is 20.4 Å². The average molecular weight is 364 g/mol. The summed E-state index contributed by atoms with van der Waals surface area (Å²) in [5.74, 6) is 0.420. The van der Waals surface area contributed by atoms with Crippen molar-refractivity contribution in [3.8, 4) is 0 Å². The third-order valence-corrected chi connectivity index (χ3v) is 4.45. The SMILES string of the molecule is CCOC(=O)C1(c2nnc(C)o2)CC1.Cc1nnc(C2(C(=O)O)CC2)o1. The standard InChI is InChI=1S/C9H12N2O3.C7H8N2O3/c1-3-13-8(12)9(4-5-9)7-11-10-6(2)14-7;1-4-8-9-5(12-4)7(2-3-7)6(10)11/h3-5H2,1-2H3;2-3H2,1H3,(H,10,11). The summed E-state index contributed by atoms with van der Waals surface area (Å²) in [6.45, 7) is 5.52. The topological polar surface area (TPSA) is 141 Å². The van der Waals surface area contributed by atoms with E-state index in [1.807, 2.05) is 0 Å². The number of carboxylic acid groups (broad SMARTS) is 1. The Morgan fingerprint density at radius 3 is 1.73 bits per heavy atom. The third kappa shape index (κ3) is 3.18. The van der Waals surface area contributed by atoms with Crippen molar-refractivity contribution in [2.45, 2.75) is 57.3 Å². The first-order valence-corrected chi connectivity index (χ1v) is 8.36. The number of carboxylic acids is 1. The van der Waals surface area contributed by atoms with Crippen LogP contribution in [-0.2, 0) is 25.2 Å². The van der Waals surface area contributed by atoms with Crippen LogP contribution in [0.1, 0.15) is 56.2 Å². The zero-order valence-corrected chi connectivity index (χ0v) is 14.8. The molecular weight excluding hydrogens is 344 g/mol. The highest BCUT2D eigenvalue weighted by Crippen LogP contribution is 2.48. The first-order chi connectivity index (χ1) is 12.3. The molecule has 0 unspecified atom stereocenters. The molecule has 2 saturated carbocycles. The predicted molar refractivity (Wildman–Crippen MR) is 84.2 cm³/mol. The number of esters is 1. The van der Waals surface area contributed by atoms with Crippen molar-refractivity contribution >= 4 is 11.9 Å². The van der Waals surface area contributed by atoms with Crippen LogP contribution in [0, 0.1) is 13.8 Å². The number of nitrogens with zero attached hydrogens (tertiary/aromatic N) is 4. The van der Waals surface area contributed by atoms with E-state index >= 15 is 0 Å². The largest absolute Gasteiger partial charge is 0.480 e. The molecule has 0 saturated heterocycles. The van der Waals surface area contributed by atoms with Gasteiger partial charge in [-0.2, -0.15) is 0 Å². The van der Waals surface area contributed by atoms with Crippen LogP contribution in [0.5, 0.6) is 0 Å². The number of carbonyl (C=O) groups excluding carboxylic acids is 1. The van der Waals surface area contributed by atoms with Crippen LogP contribution in [0.15, 0.2) is 8.83 Å². The van der Waals surface area contributed by atoms with E-state index in [2.05, 4.69) is 20.4 Å². The zero-order valence-electron chi connectivity index (χ0n) is 14.8. The molecule has 2 aliphatic rings. The number of carbonyl (C=O) groups is 2. The molecule has 0 spiro atoms. The Morgan fingerprint density at radius 1 is 0.962 bits per heavy atom. The smallest absolute Gasteiger partial charge is 0.321 e. The molecule has 0 aromatic carbocycles. The minimum Gasteiger partial charge on any atom is -0.480 e. The lowest BCUT2D eigenvalue weighted by Gasteiger charge is -2.08. The number of aliphatic carboxylic acids is 1. The summed E-state index contributed by atoms with van der Waals surface area (Å²) < 4.78 is 15.3. The second-order valence-corrected chi connectivity index (χ2v) is 6.44. The first kappa shape index (κ1) is 18.0. The lowest BCUT2D eigenvalue weighted by Crippen LogP contribution is -2.23. The Hall–Kier alpha value is -2.78. The van der Waals surface area contributed by atoms with E-state index in [1.165, 1.54) is 0 Å².